The third kappa shape index (κ3) is 3.18. The second kappa shape index (κ2) is 6.00. The van der Waals surface area contributed by atoms with Crippen LogP contribution in [0, 0.1) is 0 Å². The minimum absolute atomic E-state index is 0.580. The van der Waals surface area contributed by atoms with E-state index in [1.54, 1.807) is 11.8 Å². The molecule has 1 aromatic carbocycles. The maximum absolute atomic E-state index is 5.72. The molecular formula is C11H13N3OS2. The van der Waals surface area contributed by atoms with Crippen LogP contribution >= 0.6 is 23.1 Å². The van der Waals surface area contributed by atoms with Gasteiger partial charge in [-0.15, -0.1) is 16.9 Å². The molecule has 0 radical (unpaired) electrons. The molecule has 0 aliphatic carbocycles. The molecule has 1 heterocycles. The molecular weight excluding hydrogens is 254 g/mol. The summed E-state index contributed by atoms with van der Waals surface area (Å²) < 4.78 is 5.72. The van der Waals surface area contributed by atoms with E-state index in [1.807, 2.05) is 37.6 Å². The molecule has 0 saturated heterocycles. The fourth-order valence-corrected chi connectivity index (χ4v) is 2.54. The number of para-hydroxylation sites is 1. The zero-order chi connectivity index (χ0) is 12.1. The van der Waals surface area contributed by atoms with Crippen LogP contribution in [0.5, 0.6) is 10.9 Å². The van der Waals surface area contributed by atoms with Crippen molar-refractivity contribution in [1.82, 2.24) is 15.5 Å². The molecule has 1 aromatic heterocycles. The van der Waals surface area contributed by atoms with Crippen molar-refractivity contribution in [2.75, 3.05) is 13.3 Å². The maximum Gasteiger partial charge on any atom is 0.299 e. The van der Waals surface area contributed by atoms with Gasteiger partial charge in [-0.25, -0.2) is 0 Å². The topological polar surface area (TPSA) is 47.0 Å². The minimum atomic E-state index is 0.580. The first-order valence-corrected chi connectivity index (χ1v) is 7.15. The van der Waals surface area contributed by atoms with Crippen LogP contribution in [0.2, 0.25) is 0 Å². The second-order valence-corrected chi connectivity index (χ2v) is 5.12. The highest BCUT2D eigenvalue weighted by molar-refractivity contribution is 7.98. The van der Waals surface area contributed by atoms with E-state index in [-0.39, 0.29) is 0 Å². The molecule has 4 nitrogen and oxygen atoms in total. The number of thioether (sulfide) groups is 1. The van der Waals surface area contributed by atoms with E-state index >= 15 is 0 Å². The van der Waals surface area contributed by atoms with Gasteiger partial charge in [-0.05, 0) is 25.4 Å². The molecule has 0 amide bonds. The van der Waals surface area contributed by atoms with Gasteiger partial charge in [0.05, 0.1) is 0 Å². The van der Waals surface area contributed by atoms with Gasteiger partial charge in [-0.2, -0.15) is 0 Å². The van der Waals surface area contributed by atoms with Crippen molar-refractivity contribution in [2.45, 2.75) is 11.4 Å². The Morgan fingerprint density at radius 3 is 2.94 bits per heavy atom. The number of aromatic nitrogens is 2. The molecule has 0 aliphatic rings. The molecule has 2 aromatic rings. The Kier molecular flexibility index (Phi) is 4.36. The summed E-state index contributed by atoms with van der Waals surface area (Å²) in [4.78, 5) is 1.10. The molecule has 1 N–H and O–H groups in total. The van der Waals surface area contributed by atoms with Gasteiger partial charge in [-0.1, -0.05) is 28.6 Å². The summed E-state index contributed by atoms with van der Waals surface area (Å²) in [6.45, 7) is 0.713. The Bertz CT molecular complexity index is 487. The molecule has 0 spiro atoms. The van der Waals surface area contributed by atoms with Crippen molar-refractivity contribution in [3.05, 3.63) is 29.3 Å². The number of hydrogen-bond acceptors (Lipinski definition) is 6. The average molecular weight is 267 g/mol. The Morgan fingerprint density at radius 2 is 2.18 bits per heavy atom. The highest BCUT2D eigenvalue weighted by Gasteiger charge is 2.08. The molecule has 0 fully saturated rings. The SMILES string of the molecule is CNCc1nnc(Oc2ccccc2SC)s1. The lowest BCUT2D eigenvalue weighted by Gasteiger charge is -2.05. The highest BCUT2D eigenvalue weighted by atomic mass is 32.2. The average Bonchev–Trinajstić information content (AvgIpc) is 2.78. The first-order chi connectivity index (χ1) is 8.33. The maximum atomic E-state index is 5.72. The third-order valence-corrected chi connectivity index (χ3v) is 3.62. The Hall–Kier alpha value is -1.11. The largest absolute Gasteiger partial charge is 0.429 e. The van der Waals surface area contributed by atoms with Crippen LogP contribution < -0.4 is 10.1 Å². The van der Waals surface area contributed by atoms with Crippen LogP contribution in [0.3, 0.4) is 0 Å². The van der Waals surface area contributed by atoms with Crippen molar-refractivity contribution in [2.24, 2.45) is 0 Å². The molecule has 0 aliphatic heterocycles. The van der Waals surface area contributed by atoms with E-state index in [0.717, 1.165) is 15.7 Å². The van der Waals surface area contributed by atoms with Crippen LogP contribution in [0.4, 0.5) is 0 Å². The lowest BCUT2D eigenvalue weighted by Crippen LogP contribution is -2.04. The van der Waals surface area contributed by atoms with Gasteiger partial charge in [0.15, 0.2) is 0 Å². The summed E-state index contributed by atoms with van der Waals surface area (Å²) >= 11 is 3.11. The summed E-state index contributed by atoms with van der Waals surface area (Å²) in [5, 5.41) is 12.6. The molecule has 0 atom stereocenters. The molecule has 90 valence electrons. The smallest absolute Gasteiger partial charge is 0.299 e. The molecule has 0 bridgehead atoms. The van der Waals surface area contributed by atoms with Crippen molar-refractivity contribution in [3.63, 3.8) is 0 Å². The number of ether oxygens (including phenoxy) is 1. The monoisotopic (exact) mass is 267 g/mol. The molecule has 2 rings (SSSR count). The van der Waals surface area contributed by atoms with Gasteiger partial charge in [0.25, 0.3) is 5.19 Å². The standard InChI is InChI=1S/C11H13N3OS2/c1-12-7-10-13-14-11(17-10)15-8-5-3-4-6-9(8)16-2/h3-6,12H,7H2,1-2H3. The predicted molar refractivity (Wildman–Crippen MR) is 71.0 cm³/mol. The van der Waals surface area contributed by atoms with Crippen LogP contribution in [0.1, 0.15) is 5.01 Å². The van der Waals surface area contributed by atoms with E-state index in [4.69, 9.17) is 4.74 Å². The molecule has 0 saturated carbocycles. The first kappa shape index (κ1) is 12.3. The fourth-order valence-electron chi connectivity index (χ4n) is 1.30. The Morgan fingerprint density at radius 1 is 1.35 bits per heavy atom. The van der Waals surface area contributed by atoms with Crippen LogP contribution in [0.25, 0.3) is 0 Å². The first-order valence-electron chi connectivity index (χ1n) is 5.11. The van der Waals surface area contributed by atoms with Gasteiger partial charge in [-0.3, -0.25) is 0 Å². The fraction of sp³-hybridized carbons (Fsp3) is 0.273. The van der Waals surface area contributed by atoms with Crippen LogP contribution in [0.15, 0.2) is 29.2 Å². The summed E-state index contributed by atoms with van der Waals surface area (Å²) in [7, 11) is 1.88. The lowest BCUT2D eigenvalue weighted by molar-refractivity contribution is 0.462. The van der Waals surface area contributed by atoms with Gasteiger partial charge in [0.2, 0.25) is 0 Å². The number of benzene rings is 1. The van der Waals surface area contributed by atoms with Crippen molar-refractivity contribution < 1.29 is 4.74 Å². The molecule has 17 heavy (non-hydrogen) atoms. The summed E-state index contributed by atoms with van der Waals surface area (Å²) in [6, 6.07) is 7.90. The summed E-state index contributed by atoms with van der Waals surface area (Å²) in [5.41, 5.74) is 0. The highest BCUT2D eigenvalue weighted by Crippen LogP contribution is 2.32. The lowest BCUT2D eigenvalue weighted by atomic mass is 10.3. The predicted octanol–water partition coefficient (Wildman–Crippen LogP) is 2.77. The summed E-state index contributed by atoms with van der Waals surface area (Å²) in [5.74, 6) is 0.826. The molecule has 6 heteroatoms. The second-order valence-electron chi connectivity index (χ2n) is 3.24. The number of nitrogens with zero attached hydrogens (tertiary/aromatic N) is 2. The van der Waals surface area contributed by atoms with E-state index < -0.39 is 0 Å². The normalized spacial score (nSPS) is 10.5. The third-order valence-electron chi connectivity index (χ3n) is 2.04. The van der Waals surface area contributed by atoms with E-state index in [2.05, 4.69) is 15.5 Å². The Balaban J connectivity index is 2.13. The van der Waals surface area contributed by atoms with Crippen LogP contribution in [-0.2, 0) is 6.54 Å². The van der Waals surface area contributed by atoms with E-state index in [1.165, 1.54) is 11.3 Å². The Labute approximate surface area is 108 Å². The number of rotatable bonds is 5. The van der Waals surface area contributed by atoms with Crippen molar-refractivity contribution in [3.8, 4) is 10.9 Å². The van der Waals surface area contributed by atoms with Crippen molar-refractivity contribution >= 4 is 23.1 Å². The number of hydrogen-bond donors (Lipinski definition) is 1. The van der Waals surface area contributed by atoms with Crippen molar-refractivity contribution in [1.29, 1.82) is 0 Å². The summed E-state index contributed by atoms with van der Waals surface area (Å²) in [6.07, 6.45) is 2.02. The molecule has 0 unspecified atom stereocenters. The minimum Gasteiger partial charge on any atom is -0.429 e. The van der Waals surface area contributed by atoms with E-state index in [9.17, 15) is 0 Å². The van der Waals surface area contributed by atoms with Gasteiger partial charge >= 0.3 is 0 Å². The zero-order valence-electron chi connectivity index (χ0n) is 9.64. The zero-order valence-corrected chi connectivity index (χ0v) is 11.3. The van der Waals surface area contributed by atoms with E-state index in [0.29, 0.717) is 11.7 Å². The van der Waals surface area contributed by atoms with Gasteiger partial charge in [0.1, 0.15) is 10.8 Å². The number of nitrogens with one attached hydrogen (secondary N) is 1. The van der Waals surface area contributed by atoms with Gasteiger partial charge in [0, 0.05) is 11.4 Å². The quantitative estimate of drug-likeness (QED) is 0.844. The van der Waals surface area contributed by atoms with Crippen LogP contribution in [-0.4, -0.2) is 23.5 Å². The van der Waals surface area contributed by atoms with Gasteiger partial charge < -0.3 is 10.1 Å².